The number of halogens is 1. The van der Waals surface area contributed by atoms with Gasteiger partial charge in [0.1, 0.15) is 11.0 Å². The molecular formula is C14H16ClN3S. The minimum absolute atomic E-state index is 0.464. The molecule has 1 heterocycles. The predicted molar refractivity (Wildman–Crippen MR) is 82.7 cm³/mol. The number of hydrogen-bond donors (Lipinski definition) is 0. The molecule has 0 N–H and O–H groups in total. The van der Waals surface area contributed by atoms with Crippen molar-refractivity contribution in [2.24, 2.45) is 0 Å². The van der Waals surface area contributed by atoms with Gasteiger partial charge in [-0.05, 0) is 30.4 Å². The number of anilines is 2. The number of rotatable bonds is 4. The van der Waals surface area contributed by atoms with E-state index < -0.39 is 0 Å². The van der Waals surface area contributed by atoms with Crippen molar-refractivity contribution in [2.75, 3.05) is 18.2 Å². The fourth-order valence-electron chi connectivity index (χ4n) is 1.74. The average molecular weight is 294 g/mol. The third-order valence-electron chi connectivity index (χ3n) is 2.92. The largest absolute Gasteiger partial charge is 0.329 e. The lowest BCUT2D eigenvalue weighted by Gasteiger charge is -2.19. The molecule has 0 radical (unpaired) electrons. The van der Waals surface area contributed by atoms with E-state index in [4.69, 9.17) is 11.6 Å². The van der Waals surface area contributed by atoms with Crippen molar-refractivity contribution in [2.45, 2.75) is 18.5 Å². The van der Waals surface area contributed by atoms with E-state index in [1.807, 2.05) is 18.2 Å². The van der Waals surface area contributed by atoms with E-state index in [0.29, 0.717) is 10.3 Å². The average Bonchev–Trinajstić information content (AvgIpc) is 2.46. The number of nitrogens with zero attached hydrogens (tertiary/aromatic N) is 3. The maximum Gasteiger partial charge on any atom is 0.190 e. The van der Waals surface area contributed by atoms with Crippen molar-refractivity contribution >= 4 is 34.9 Å². The van der Waals surface area contributed by atoms with Crippen LogP contribution in [0.25, 0.3) is 0 Å². The second kappa shape index (κ2) is 6.26. The van der Waals surface area contributed by atoms with Crippen molar-refractivity contribution in [1.82, 2.24) is 9.97 Å². The monoisotopic (exact) mass is 293 g/mol. The van der Waals surface area contributed by atoms with Gasteiger partial charge in [0.2, 0.25) is 0 Å². The molecule has 0 amide bonds. The molecule has 0 atom stereocenters. The summed E-state index contributed by atoms with van der Waals surface area (Å²) in [7, 11) is 1.98. The van der Waals surface area contributed by atoms with Gasteiger partial charge >= 0.3 is 0 Å². The molecule has 0 spiro atoms. The van der Waals surface area contributed by atoms with Gasteiger partial charge < -0.3 is 4.90 Å². The Hall–Kier alpha value is -1.26. The van der Waals surface area contributed by atoms with Crippen LogP contribution in [-0.4, -0.2) is 23.3 Å². The van der Waals surface area contributed by atoms with Crippen LogP contribution in [0, 0.1) is 0 Å². The highest BCUT2D eigenvalue weighted by Gasteiger charge is 2.09. The summed E-state index contributed by atoms with van der Waals surface area (Å²) in [5, 5.41) is 1.14. The Kier molecular flexibility index (Phi) is 4.66. The zero-order valence-corrected chi connectivity index (χ0v) is 12.8. The molecule has 1 aromatic heterocycles. The highest BCUT2D eigenvalue weighted by Crippen LogP contribution is 2.25. The van der Waals surface area contributed by atoms with Crippen LogP contribution in [0.1, 0.15) is 12.5 Å². The van der Waals surface area contributed by atoms with Crippen LogP contribution in [0.5, 0.6) is 0 Å². The summed E-state index contributed by atoms with van der Waals surface area (Å²) in [6, 6.07) is 10.2. The molecule has 1 aromatic carbocycles. The maximum atomic E-state index is 6.02. The Bertz CT molecular complexity index is 557. The van der Waals surface area contributed by atoms with Crippen LogP contribution < -0.4 is 4.90 Å². The van der Waals surface area contributed by atoms with E-state index in [0.717, 1.165) is 17.9 Å². The quantitative estimate of drug-likeness (QED) is 0.480. The SMILES string of the molecule is CCc1ccc(N(C)c2cc(Cl)nc(SC)n2)cc1. The molecule has 2 rings (SSSR count). The number of hydrogen-bond acceptors (Lipinski definition) is 4. The van der Waals surface area contributed by atoms with Gasteiger partial charge in [0.05, 0.1) is 0 Å². The summed E-state index contributed by atoms with van der Waals surface area (Å²) >= 11 is 7.50. The van der Waals surface area contributed by atoms with Gasteiger partial charge in [0.15, 0.2) is 5.16 Å². The van der Waals surface area contributed by atoms with Crippen molar-refractivity contribution in [3.63, 3.8) is 0 Å². The Morgan fingerprint density at radius 3 is 2.47 bits per heavy atom. The Morgan fingerprint density at radius 2 is 1.89 bits per heavy atom. The highest BCUT2D eigenvalue weighted by atomic mass is 35.5. The van der Waals surface area contributed by atoms with Gasteiger partial charge in [0.25, 0.3) is 0 Å². The van der Waals surface area contributed by atoms with Crippen LogP contribution in [0.3, 0.4) is 0 Å². The second-order valence-corrected chi connectivity index (χ2v) is 5.28. The van der Waals surface area contributed by atoms with Crippen molar-refractivity contribution in [3.8, 4) is 0 Å². The van der Waals surface area contributed by atoms with E-state index in [-0.39, 0.29) is 0 Å². The minimum Gasteiger partial charge on any atom is -0.329 e. The first-order valence-corrected chi connectivity index (χ1v) is 7.65. The van der Waals surface area contributed by atoms with E-state index in [1.165, 1.54) is 17.3 Å². The van der Waals surface area contributed by atoms with Crippen LogP contribution in [0.4, 0.5) is 11.5 Å². The smallest absolute Gasteiger partial charge is 0.190 e. The topological polar surface area (TPSA) is 29.0 Å². The van der Waals surface area contributed by atoms with Gasteiger partial charge in [-0.2, -0.15) is 0 Å². The molecule has 0 saturated carbocycles. The summed E-state index contributed by atoms with van der Waals surface area (Å²) in [4.78, 5) is 10.6. The molecule has 0 aliphatic heterocycles. The lowest BCUT2D eigenvalue weighted by atomic mass is 10.1. The van der Waals surface area contributed by atoms with Crippen molar-refractivity contribution in [3.05, 3.63) is 41.0 Å². The Labute approximate surface area is 123 Å². The van der Waals surface area contributed by atoms with Gasteiger partial charge in [-0.1, -0.05) is 42.4 Å². The van der Waals surface area contributed by atoms with Gasteiger partial charge in [-0.25, -0.2) is 9.97 Å². The number of thioether (sulfide) groups is 1. The molecule has 3 nitrogen and oxygen atoms in total. The van der Waals surface area contributed by atoms with Gasteiger partial charge in [0, 0.05) is 18.8 Å². The molecular weight excluding hydrogens is 278 g/mol. The fraction of sp³-hybridized carbons (Fsp3) is 0.286. The molecule has 0 fully saturated rings. The highest BCUT2D eigenvalue weighted by molar-refractivity contribution is 7.98. The first-order chi connectivity index (χ1) is 9.13. The number of benzene rings is 1. The molecule has 0 saturated heterocycles. The van der Waals surface area contributed by atoms with Crippen LogP contribution in [0.2, 0.25) is 5.15 Å². The van der Waals surface area contributed by atoms with Crippen LogP contribution in [-0.2, 0) is 6.42 Å². The number of aryl methyl sites for hydroxylation is 1. The van der Waals surface area contributed by atoms with Crippen LogP contribution in [0.15, 0.2) is 35.5 Å². The normalized spacial score (nSPS) is 10.5. The van der Waals surface area contributed by atoms with Gasteiger partial charge in [-0.15, -0.1) is 0 Å². The van der Waals surface area contributed by atoms with E-state index in [1.54, 1.807) is 6.07 Å². The predicted octanol–water partition coefficient (Wildman–Crippen LogP) is 4.18. The molecule has 2 aromatic rings. The first kappa shape index (κ1) is 14.2. The fourth-order valence-corrected chi connectivity index (χ4v) is 2.34. The van der Waals surface area contributed by atoms with Crippen molar-refractivity contribution < 1.29 is 0 Å². The third kappa shape index (κ3) is 3.39. The summed E-state index contributed by atoms with van der Waals surface area (Å²) in [6.07, 6.45) is 2.98. The molecule has 0 bridgehead atoms. The Morgan fingerprint density at radius 1 is 1.21 bits per heavy atom. The maximum absolute atomic E-state index is 6.02. The summed E-state index contributed by atoms with van der Waals surface area (Å²) < 4.78 is 0. The lowest BCUT2D eigenvalue weighted by molar-refractivity contribution is 0.945. The molecule has 5 heteroatoms. The zero-order valence-electron chi connectivity index (χ0n) is 11.2. The molecule has 0 aliphatic carbocycles. The van der Waals surface area contributed by atoms with Gasteiger partial charge in [-0.3, -0.25) is 0 Å². The zero-order chi connectivity index (χ0) is 13.8. The molecule has 100 valence electrons. The second-order valence-electron chi connectivity index (χ2n) is 4.11. The summed E-state index contributed by atoms with van der Waals surface area (Å²) in [6.45, 7) is 2.15. The minimum atomic E-state index is 0.464. The molecule has 0 unspecified atom stereocenters. The third-order valence-corrected chi connectivity index (χ3v) is 3.66. The lowest BCUT2D eigenvalue weighted by Crippen LogP contribution is -2.12. The molecule has 0 aliphatic rings. The van der Waals surface area contributed by atoms with E-state index in [2.05, 4.69) is 41.2 Å². The summed E-state index contributed by atoms with van der Waals surface area (Å²) in [5.41, 5.74) is 2.40. The number of aromatic nitrogens is 2. The standard InChI is InChI=1S/C14H16ClN3S/c1-4-10-5-7-11(8-6-10)18(2)13-9-12(15)16-14(17-13)19-3/h5-9H,4H2,1-3H3. The Balaban J connectivity index is 2.31. The van der Waals surface area contributed by atoms with E-state index in [9.17, 15) is 0 Å². The van der Waals surface area contributed by atoms with E-state index >= 15 is 0 Å². The first-order valence-electron chi connectivity index (χ1n) is 6.05. The summed E-state index contributed by atoms with van der Waals surface area (Å²) in [5.74, 6) is 0.800. The van der Waals surface area contributed by atoms with Crippen molar-refractivity contribution in [1.29, 1.82) is 0 Å². The van der Waals surface area contributed by atoms with Crippen LogP contribution >= 0.6 is 23.4 Å². The molecule has 19 heavy (non-hydrogen) atoms.